The van der Waals surface area contributed by atoms with Gasteiger partial charge in [-0.1, -0.05) is 24.3 Å². The molecule has 1 aliphatic rings. The van der Waals surface area contributed by atoms with Gasteiger partial charge in [-0.15, -0.1) is 0 Å². The Morgan fingerprint density at radius 2 is 1.69 bits per heavy atom. The molecule has 2 amide bonds. The molecule has 7 nitrogen and oxygen atoms in total. The number of hydrazone groups is 1. The maximum Gasteiger partial charge on any atom is 0.275 e. The zero-order valence-electron chi connectivity index (χ0n) is 17.9. The molecule has 164 valence electrons. The van der Waals surface area contributed by atoms with Gasteiger partial charge < -0.3 is 14.7 Å². The molecule has 3 aromatic carbocycles. The number of phenols is 1. The van der Waals surface area contributed by atoms with Crippen molar-refractivity contribution in [3.63, 3.8) is 0 Å². The summed E-state index contributed by atoms with van der Waals surface area (Å²) in [6.45, 7) is 3.41. The Labute approximate surface area is 186 Å². The fraction of sp³-hybridized carbons (Fsp3) is 0.240. The van der Waals surface area contributed by atoms with E-state index in [2.05, 4.69) is 10.5 Å². The highest BCUT2D eigenvalue weighted by molar-refractivity contribution is 6.03. The van der Waals surface area contributed by atoms with Crippen LogP contribution in [-0.4, -0.2) is 47.2 Å². The SMILES string of the molecule is C/C(=N\NC(=O)c1cc2ccccc2cc1O)c1ccc(OCC(=O)N2CCCC2)cc1. The van der Waals surface area contributed by atoms with Crippen LogP contribution >= 0.6 is 0 Å². The maximum atomic E-state index is 12.5. The molecule has 2 N–H and O–H groups in total. The number of carbonyl (C=O) groups is 2. The second-order valence-electron chi connectivity index (χ2n) is 7.76. The van der Waals surface area contributed by atoms with E-state index in [1.807, 2.05) is 41.3 Å². The van der Waals surface area contributed by atoms with Gasteiger partial charge >= 0.3 is 0 Å². The van der Waals surface area contributed by atoms with Gasteiger partial charge in [-0.25, -0.2) is 5.43 Å². The zero-order valence-corrected chi connectivity index (χ0v) is 17.9. The van der Waals surface area contributed by atoms with E-state index in [1.165, 1.54) is 0 Å². The fourth-order valence-electron chi connectivity index (χ4n) is 3.66. The van der Waals surface area contributed by atoms with Crippen LogP contribution < -0.4 is 10.2 Å². The third-order valence-electron chi connectivity index (χ3n) is 5.53. The van der Waals surface area contributed by atoms with Gasteiger partial charge in [-0.2, -0.15) is 5.10 Å². The fourth-order valence-corrected chi connectivity index (χ4v) is 3.66. The van der Waals surface area contributed by atoms with Gasteiger partial charge in [0.05, 0.1) is 11.3 Å². The van der Waals surface area contributed by atoms with Crippen molar-refractivity contribution in [3.8, 4) is 11.5 Å². The van der Waals surface area contributed by atoms with E-state index < -0.39 is 5.91 Å². The first kappa shape index (κ1) is 21.4. The van der Waals surface area contributed by atoms with E-state index in [-0.39, 0.29) is 23.8 Å². The van der Waals surface area contributed by atoms with Gasteiger partial charge in [0.15, 0.2) is 6.61 Å². The van der Waals surface area contributed by atoms with Crippen molar-refractivity contribution >= 4 is 28.3 Å². The number of carbonyl (C=O) groups excluding carboxylic acids is 2. The quantitative estimate of drug-likeness (QED) is 0.460. The van der Waals surface area contributed by atoms with E-state index >= 15 is 0 Å². The van der Waals surface area contributed by atoms with Crippen LogP contribution in [0.15, 0.2) is 65.8 Å². The molecule has 3 aromatic rings. The summed E-state index contributed by atoms with van der Waals surface area (Å²) in [6.07, 6.45) is 2.10. The number of hydrogen-bond donors (Lipinski definition) is 2. The summed E-state index contributed by atoms with van der Waals surface area (Å²) in [5.74, 6) is 0.00945. The number of ether oxygens (including phenoxy) is 1. The van der Waals surface area contributed by atoms with Crippen molar-refractivity contribution in [2.24, 2.45) is 5.10 Å². The third-order valence-corrected chi connectivity index (χ3v) is 5.53. The smallest absolute Gasteiger partial charge is 0.275 e. The molecule has 0 radical (unpaired) electrons. The van der Waals surface area contributed by atoms with Crippen molar-refractivity contribution < 1.29 is 19.4 Å². The molecule has 0 bridgehead atoms. The Balaban J connectivity index is 1.37. The third kappa shape index (κ3) is 4.88. The second kappa shape index (κ2) is 9.51. The molecule has 32 heavy (non-hydrogen) atoms. The summed E-state index contributed by atoms with van der Waals surface area (Å²) in [6, 6.07) is 17.9. The highest BCUT2D eigenvalue weighted by atomic mass is 16.5. The lowest BCUT2D eigenvalue weighted by Gasteiger charge is -2.15. The molecule has 0 atom stereocenters. The summed E-state index contributed by atoms with van der Waals surface area (Å²) in [5, 5.41) is 16.1. The first-order valence-electron chi connectivity index (χ1n) is 10.6. The molecule has 1 heterocycles. The first-order chi connectivity index (χ1) is 15.5. The molecule has 0 unspecified atom stereocenters. The van der Waals surface area contributed by atoms with E-state index in [4.69, 9.17) is 4.74 Å². The number of benzene rings is 3. The number of fused-ring (bicyclic) bond motifs is 1. The first-order valence-corrected chi connectivity index (χ1v) is 10.6. The van der Waals surface area contributed by atoms with Gasteiger partial charge in [0.2, 0.25) is 0 Å². The minimum Gasteiger partial charge on any atom is -0.507 e. The van der Waals surface area contributed by atoms with Crippen LogP contribution in [0.2, 0.25) is 0 Å². The van der Waals surface area contributed by atoms with Crippen molar-refractivity contribution in [1.29, 1.82) is 0 Å². The Morgan fingerprint density at radius 1 is 1.03 bits per heavy atom. The zero-order chi connectivity index (χ0) is 22.5. The predicted molar refractivity (Wildman–Crippen MR) is 123 cm³/mol. The molecule has 1 aliphatic heterocycles. The lowest BCUT2D eigenvalue weighted by atomic mass is 10.1. The standard InChI is InChI=1S/C25H25N3O4/c1-17(18-8-10-21(11-9-18)32-16-24(30)28-12-4-5-13-28)26-27-25(31)22-14-19-6-2-3-7-20(19)15-23(22)29/h2-3,6-11,14-15,29H,4-5,12-13,16H2,1H3,(H,27,31)/b26-17+. The number of phenolic OH excluding ortho intramolecular Hbond substituents is 1. The molecule has 0 spiro atoms. The Hall–Kier alpha value is -3.87. The number of amides is 2. The summed E-state index contributed by atoms with van der Waals surface area (Å²) < 4.78 is 5.59. The number of aromatic hydroxyl groups is 1. The number of nitrogens with zero attached hydrogens (tertiary/aromatic N) is 2. The molecule has 0 aromatic heterocycles. The van der Waals surface area contributed by atoms with Crippen LogP contribution in [0.4, 0.5) is 0 Å². The van der Waals surface area contributed by atoms with Crippen LogP contribution in [0.25, 0.3) is 10.8 Å². The summed E-state index contributed by atoms with van der Waals surface area (Å²) in [7, 11) is 0. The Kier molecular flexibility index (Phi) is 6.35. The number of hydrogen-bond acceptors (Lipinski definition) is 5. The van der Waals surface area contributed by atoms with Crippen LogP contribution in [0.3, 0.4) is 0 Å². The van der Waals surface area contributed by atoms with Crippen LogP contribution in [0.5, 0.6) is 11.5 Å². The molecule has 4 rings (SSSR count). The van der Waals surface area contributed by atoms with Gasteiger partial charge in [-0.3, -0.25) is 9.59 Å². The lowest BCUT2D eigenvalue weighted by molar-refractivity contribution is -0.132. The number of nitrogens with one attached hydrogen (secondary N) is 1. The molecular formula is C25H25N3O4. The van der Waals surface area contributed by atoms with Crippen LogP contribution in [-0.2, 0) is 4.79 Å². The molecule has 1 fully saturated rings. The van der Waals surface area contributed by atoms with Gasteiger partial charge in [0.25, 0.3) is 11.8 Å². The van der Waals surface area contributed by atoms with E-state index in [9.17, 15) is 14.7 Å². The van der Waals surface area contributed by atoms with E-state index in [1.54, 1.807) is 31.2 Å². The largest absolute Gasteiger partial charge is 0.507 e. The van der Waals surface area contributed by atoms with E-state index in [0.717, 1.165) is 42.3 Å². The molecule has 7 heteroatoms. The van der Waals surface area contributed by atoms with Crippen molar-refractivity contribution in [3.05, 3.63) is 71.8 Å². The van der Waals surface area contributed by atoms with Crippen molar-refractivity contribution in [1.82, 2.24) is 10.3 Å². The highest BCUT2D eigenvalue weighted by Crippen LogP contribution is 2.25. The van der Waals surface area contributed by atoms with Gasteiger partial charge in [0.1, 0.15) is 11.5 Å². The topological polar surface area (TPSA) is 91.2 Å². The van der Waals surface area contributed by atoms with Crippen LogP contribution in [0, 0.1) is 0 Å². The number of likely N-dealkylation sites (tertiary alicyclic amines) is 1. The average molecular weight is 431 g/mol. The lowest BCUT2D eigenvalue weighted by Crippen LogP contribution is -2.32. The Morgan fingerprint density at radius 3 is 2.38 bits per heavy atom. The summed E-state index contributed by atoms with van der Waals surface area (Å²) in [4.78, 5) is 26.4. The number of rotatable bonds is 6. The molecular weight excluding hydrogens is 406 g/mol. The summed E-state index contributed by atoms with van der Waals surface area (Å²) >= 11 is 0. The molecule has 1 saturated heterocycles. The minimum atomic E-state index is -0.493. The average Bonchev–Trinajstić information content (AvgIpc) is 3.36. The monoisotopic (exact) mass is 431 g/mol. The maximum absolute atomic E-state index is 12.5. The molecule has 0 saturated carbocycles. The minimum absolute atomic E-state index is 0.00368. The van der Waals surface area contributed by atoms with Crippen molar-refractivity contribution in [2.45, 2.75) is 19.8 Å². The van der Waals surface area contributed by atoms with Crippen molar-refractivity contribution in [2.75, 3.05) is 19.7 Å². The van der Waals surface area contributed by atoms with Gasteiger partial charge in [0, 0.05) is 13.1 Å². The second-order valence-corrected chi connectivity index (χ2v) is 7.76. The van der Waals surface area contributed by atoms with Gasteiger partial charge in [-0.05, 0) is 72.5 Å². The normalized spacial score (nSPS) is 13.9. The predicted octanol–water partition coefficient (Wildman–Crippen LogP) is 3.70. The Bertz CT molecular complexity index is 1170. The molecule has 0 aliphatic carbocycles. The summed E-state index contributed by atoms with van der Waals surface area (Å²) in [5.41, 5.74) is 4.05. The van der Waals surface area contributed by atoms with Crippen LogP contribution in [0.1, 0.15) is 35.7 Å². The van der Waals surface area contributed by atoms with E-state index in [0.29, 0.717) is 11.5 Å². The highest BCUT2D eigenvalue weighted by Gasteiger charge is 2.18.